The number of thiazole rings is 1. The summed E-state index contributed by atoms with van der Waals surface area (Å²) in [5, 5.41) is 3.89. The van der Waals surface area contributed by atoms with E-state index in [1.165, 1.54) is 0 Å². The lowest BCUT2D eigenvalue weighted by molar-refractivity contribution is 0.182. The summed E-state index contributed by atoms with van der Waals surface area (Å²) in [6.45, 7) is 0.568. The fourth-order valence-corrected chi connectivity index (χ4v) is 2.45. The summed E-state index contributed by atoms with van der Waals surface area (Å²) >= 11 is 7.74. The molecule has 0 bridgehead atoms. The van der Waals surface area contributed by atoms with Crippen molar-refractivity contribution in [2.24, 2.45) is 0 Å². The van der Waals surface area contributed by atoms with Crippen molar-refractivity contribution in [3.8, 4) is 0 Å². The minimum atomic E-state index is 0.568. The van der Waals surface area contributed by atoms with Crippen molar-refractivity contribution < 1.29 is 4.74 Å². The zero-order valence-electron chi connectivity index (χ0n) is 8.94. The van der Waals surface area contributed by atoms with Gasteiger partial charge in [0.05, 0.1) is 17.3 Å². The second kappa shape index (κ2) is 5.43. The van der Waals surface area contributed by atoms with Crippen molar-refractivity contribution in [3.05, 3.63) is 50.9 Å². The van der Waals surface area contributed by atoms with E-state index < -0.39 is 0 Å². The molecule has 0 aliphatic carbocycles. The van der Waals surface area contributed by atoms with Crippen LogP contribution < -0.4 is 0 Å². The number of aromatic nitrogens is 1. The Hall–Kier alpha value is -0.900. The number of hydrogen-bond donors (Lipinski definition) is 0. The van der Waals surface area contributed by atoms with Crippen LogP contribution in [0.1, 0.15) is 16.3 Å². The molecule has 0 N–H and O–H groups in total. The van der Waals surface area contributed by atoms with Gasteiger partial charge in [-0.05, 0) is 11.6 Å². The molecular weight excluding hydrogens is 242 g/mol. The van der Waals surface area contributed by atoms with Crippen LogP contribution in [0.5, 0.6) is 0 Å². The maximum absolute atomic E-state index is 6.09. The van der Waals surface area contributed by atoms with Gasteiger partial charge in [0.1, 0.15) is 0 Å². The summed E-state index contributed by atoms with van der Waals surface area (Å²) < 4.78 is 5.03. The first-order valence-electron chi connectivity index (χ1n) is 4.95. The summed E-state index contributed by atoms with van der Waals surface area (Å²) in [6.07, 6.45) is 0.786. The van der Waals surface area contributed by atoms with Crippen LogP contribution in [-0.4, -0.2) is 12.1 Å². The van der Waals surface area contributed by atoms with Crippen LogP contribution in [0.2, 0.25) is 5.02 Å². The van der Waals surface area contributed by atoms with E-state index in [1.807, 2.05) is 29.6 Å². The second-order valence-corrected chi connectivity index (χ2v) is 4.78. The molecule has 2 rings (SSSR count). The Labute approximate surface area is 104 Å². The number of ether oxygens (including phenoxy) is 1. The van der Waals surface area contributed by atoms with Gasteiger partial charge in [-0.3, -0.25) is 0 Å². The minimum Gasteiger partial charge on any atom is -0.378 e. The molecule has 0 spiro atoms. The molecule has 0 atom stereocenters. The van der Waals surface area contributed by atoms with Gasteiger partial charge in [0, 0.05) is 23.9 Å². The highest BCUT2D eigenvalue weighted by molar-refractivity contribution is 7.09. The summed E-state index contributed by atoms with van der Waals surface area (Å²) in [5.74, 6) is 0. The van der Waals surface area contributed by atoms with Gasteiger partial charge >= 0.3 is 0 Å². The van der Waals surface area contributed by atoms with Crippen LogP contribution >= 0.6 is 22.9 Å². The fraction of sp³-hybridized carbons (Fsp3) is 0.250. The predicted molar refractivity (Wildman–Crippen MR) is 67.1 cm³/mol. The molecule has 0 amide bonds. The van der Waals surface area contributed by atoms with Gasteiger partial charge in [0.15, 0.2) is 0 Å². The summed E-state index contributed by atoms with van der Waals surface area (Å²) in [6, 6.07) is 7.86. The Morgan fingerprint density at radius 2 is 2.19 bits per heavy atom. The van der Waals surface area contributed by atoms with Gasteiger partial charge in [0.2, 0.25) is 0 Å². The maximum Gasteiger partial charge on any atom is 0.0973 e. The largest absolute Gasteiger partial charge is 0.378 e. The standard InChI is InChI=1S/C12H12ClNOS/c1-15-7-10-8-16-12(14-10)6-9-4-2-3-5-11(9)13/h2-5,8H,6-7H2,1H3. The third-order valence-electron chi connectivity index (χ3n) is 2.19. The molecule has 0 aliphatic heterocycles. The number of benzene rings is 1. The molecule has 0 fully saturated rings. The molecule has 1 aromatic carbocycles. The Bertz CT molecular complexity index is 470. The Morgan fingerprint density at radius 1 is 1.38 bits per heavy atom. The van der Waals surface area contributed by atoms with Crippen LogP contribution in [0, 0.1) is 0 Å². The van der Waals surface area contributed by atoms with Crippen molar-refractivity contribution in [1.29, 1.82) is 0 Å². The lowest BCUT2D eigenvalue weighted by Crippen LogP contribution is -1.91. The Morgan fingerprint density at radius 3 is 2.94 bits per heavy atom. The van der Waals surface area contributed by atoms with E-state index in [0.29, 0.717) is 6.61 Å². The molecule has 16 heavy (non-hydrogen) atoms. The van der Waals surface area contributed by atoms with E-state index in [0.717, 1.165) is 27.7 Å². The van der Waals surface area contributed by atoms with Gasteiger partial charge in [-0.25, -0.2) is 4.98 Å². The number of rotatable bonds is 4. The highest BCUT2D eigenvalue weighted by Gasteiger charge is 2.05. The van der Waals surface area contributed by atoms with Crippen LogP contribution in [0.15, 0.2) is 29.6 Å². The molecule has 0 unspecified atom stereocenters. The van der Waals surface area contributed by atoms with Gasteiger partial charge in [0.25, 0.3) is 0 Å². The van der Waals surface area contributed by atoms with Crippen molar-refractivity contribution in [2.45, 2.75) is 13.0 Å². The third-order valence-corrected chi connectivity index (χ3v) is 3.46. The van der Waals surface area contributed by atoms with Crippen molar-refractivity contribution in [1.82, 2.24) is 4.98 Å². The Kier molecular flexibility index (Phi) is 3.93. The average molecular weight is 254 g/mol. The molecular formula is C12H12ClNOS. The van der Waals surface area contributed by atoms with Crippen LogP contribution in [0.3, 0.4) is 0 Å². The number of halogens is 1. The highest BCUT2D eigenvalue weighted by Crippen LogP contribution is 2.21. The molecule has 0 radical (unpaired) electrons. The van der Waals surface area contributed by atoms with E-state index in [2.05, 4.69) is 4.98 Å². The lowest BCUT2D eigenvalue weighted by Gasteiger charge is -2.00. The van der Waals surface area contributed by atoms with E-state index in [1.54, 1.807) is 18.4 Å². The average Bonchev–Trinajstić information content (AvgIpc) is 2.70. The molecule has 2 nitrogen and oxygen atoms in total. The monoisotopic (exact) mass is 253 g/mol. The van der Waals surface area contributed by atoms with Crippen molar-refractivity contribution in [3.63, 3.8) is 0 Å². The molecule has 84 valence electrons. The molecule has 1 heterocycles. The molecule has 2 aromatic rings. The first-order chi connectivity index (χ1) is 7.79. The van der Waals surface area contributed by atoms with E-state index in [9.17, 15) is 0 Å². The topological polar surface area (TPSA) is 22.1 Å². The first-order valence-corrected chi connectivity index (χ1v) is 6.21. The number of methoxy groups -OCH3 is 1. The van der Waals surface area contributed by atoms with Gasteiger partial charge in [-0.2, -0.15) is 0 Å². The van der Waals surface area contributed by atoms with Crippen LogP contribution in [0.4, 0.5) is 0 Å². The second-order valence-electron chi connectivity index (χ2n) is 3.43. The van der Waals surface area contributed by atoms with Crippen LogP contribution in [-0.2, 0) is 17.8 Å². The van der Waals surface area contributed by atoms with Gasteiger partial charge in [-0.15, -0.1) is 11.3 Å². The number of nitrogens with zero attached hydrogens (tertiary/aromatic N) is 1. The maximum atomic E-state index is 6.09. The van der Waals surface area contributed by atoms with E-state index in [-0.39, 0.29) is 0 Å². The SMILES string of the molecule is COCc1csc(Cc2ccccc2Cl)n1. The molecule has 1 aromatic heterocycles. The normalized spacial score (nSPS) is 10.6. The summed E-state index contributed by atoms with van der Waals surface area (Å²) in [5.41, 5.74) is 2.09. The summed E-state index contributed by atoms with van der Waals surface area (Å²) in [4.78, 5) is 4.47. The smallest absolute Gasteiger partial charge is 0.0973 e. The van der Waals surface area contributed by atoms with E-state index in [4.69, 9.17) is 16.3 Å². The quantitative estimate of drug-likeness (QED) is 0.832. The van der Waals surface area contributed by atoms with E-state index >= 15 is 0 Å². The van der Waals surface area contributed by atoms with Gasteiger partial charge < -0.3 is 4.74 Å². The zero-order valence-corrected chi connectivity index (χ0v) is 10.5. The molecule has 4 heteroatoms. The molecule has 0 saturated heterocycles. The lowest BCUT2D eigenvalue weighted by atomic mass is 10.2. The first kappa shape index (κ1) is 11.6. The minimum absolute atomic E-state index is 0.568. The fourth-order valence-electron chi connectivity index (χ4n) is 1.45. The summed E-state index contributed by atoms with van der Waals surface area (Å²) in [7, 11) is 1.67. The van der Waals surface area contributed by atoms with Crippen molar-refractivity contribution in [2.75, 3.05) is 7.11 Å². The molecule has 0 aliphatic rings. The Balaban J connectivity index is 2.11. The highest BCUT2D eigenvalue weighted by atomic mass is 35.5. The number of hydrogen-bond acceptors (Lipinski definition) is 3. The van der Waals surface area contributed by atoms with Gasteiger partial charge in [-0.1, -0.05) is 29.8 Å². The molecule has 0 saturated carbocycles. The third kappa shape index (κ3) is 2.82. The predicted octanol–water partition coefficient (Wildman–Crippen LogP) is 3.53. The van der Waals surface area contributed by atoms with Crippen LogP contribution in [0.25, 0.3) is 0 Å². The zero-order chi connectivity index (χ0) is 11.4. The van der Waals surface area contributed by atoms with Crippen molar-refractivity contribution >= 4 is 22.9 Å².